The van der Waals surface area contributed by atoms with E-state index >= 15 is 0 Å². The number of H-pyrrole nitrogens is 1. The number of hydrogen-bond acceptors (Lipinski definition) is 11. The van der Waals surface area contributed by atoms with Gasteiger partial charge in [0, 0.05) is 50.9 Å². The van der Waals surface area contributed by atoms with Crippen LogP contribution < -0.4 is 11.2 Å². The second-order valence-electron chi connectivity index (χ2n) is 12.6. The minimum atomic E-state index is -0.962. The first-order chi connectivity index (χ1) is 22.3. The van der Waals surface area contributed by atoms with E-state index in [4.69, 9.17) is 23.7 Å². The summed E-state index contributed by atoms with van der Waals surface area (Å²) in [5.41, 5.74) is -0.459. The summed E-state index contributed by atoms with van der Waals surface area (Å²) in [5.74, 6) is -0.471. The summed E-state index contributed by atoms with van der Waals surface area (Å²) in [6, 6.07) is 9.82. The smallest absolute Gasteiger partial charge is 0.467 e. The van der Waals surface area contributed by atoms with Crippen LogP contribution >= 0.6 is 0 Å². The number of nitrogens with zero attached hydrogens (tertiary/aromatic N) is 3. The molecule has 0 aliphatic carbocycles. The van der Waals surface area contributed by atoms with Gasteiger partial charge in [0.15, 0.2) is 24.4 Å². The van der Waals surface area contributed by atoms with Gasteiger partial charge in [-0.05, 0) is 52.5 Å². The molecular formula is C33H44N4O10. The lowest BCUT2D eigenvalue weighted by Gasteiger charge is -2.39. The molecule has 1 aromatic heterocycles. The first-order valence-corrected chi connectivity index (χ1v) is 15.7. The van der Waals surface area contributed by atoms with Crippen molar-refractivity contribution in [3.63, 3.8) is 0 Å². The Kier molecular flexibility index (Phi) is 11.9. The van der Waals surface area contributed by atoms with Crippen LogP contribution in [0.2, 0.25) is 0 Å². The van der Waals surface area contributed by atoms with E-state index in [0.717, 1.165) is 24.8 Å². The summed E-state index contributed by atoms with van der Waals surface area (Å²) >= 11 is 0. The van der Waals surface area contributed by atoms with E-state index in [2.05, 4.69) is 9.88 Å². The predicted molar refractivity (Wildman–Crippen MR) is 169 cm³/mol. The molecule has 14 heteroatoms. The molecule has 2 aliphatic heterocycles. The molecule has 1 aromatic carbocycles. The first kappa shape index (κ1) is 35.3. The minimum Gasteiger partial charge on any atom is -0.467 e. The van der Waals surface area contributed by atoms with Crippen LogP contribution in [0.4, 0.5) is 9.59 Å². The number of nitrogens with one attached hydrogen (secondary N) is 1. The monoisotopic (exact) mass is 656 g/mol. The Morgan fingerprint density at radius 1 is 1.09 bits per heavy atom. The molecule has 2 aromatic rings. The molecule has 1 fully saturated rings. The summed E-state index contributed by atoms with van der Waals surface area (Å²) in [6.45, 7) is 10.0. The summed E-state index contributed by atoms with van der Waals surface area (Å²) in [5, 5.41) is 0. The van der Waals surface area contributed by atoms with Crippen molar-refractivity contribution < 1.29 is 38.1 Å². The van der Waals surface area contributed by atoms with Crippen LogP contribution in [0.25, 0.3) is 0 Å². The van der Waals surface area contributed by atoms with Crippen molar-refractivity contribution in [1.29, 1.82) is 0 Å². The van der Waals surface area contributed by atoms with Crippen molar-refractivity contribution in [3.8, 4) is 0 Å². The number of carbonyl (C=O) groups excluding carboxylic acids is 3. The standard InChI is InChI=1S/C33H44N4O10/c1-22-18-37(30(40)34-29(22)39)28-17-26(45-23(2)38)27(46-28)21-44-32(42)43-16-15-35(19-24-11-7-6-8-12-24)20-25-13-9-10-14-36(25)31(41)47-33(3,4)5/h6-8,11-12,18,25,28H,9-10,13-17,19-21H2,1-5H3,(H,34,39,40)/t25?,28-/m1/s1. The number of hydrogen-bond donors (Lipinski definition) is 1. The number of amides is 1. The molecule has 1 N–H and O–H groups in total. The molecule has 0 spiro atoms. The molecule has 47 heavy (non-hydrogen) atoms. The van der Waals surface area contributed by atoms with Crippen LogP contribution in [0.3, 0.4) is 0 Å². The van der Waals surface area contributed by atoms with E-state index in [0.29, 0.717) is 26.2 Å². The van der Waals surface area contributed by atoms with Gasteiger partial charge in [0.25, 0.3) is 5.56 Å². The Bertz CT molecular complexity index is 1560. The maximum absolute atomic E-state index is 13.0. The molecule has 2 aliphatic rings. The predicted octanol–water partition coefficient (Wildman–Crippen LogP) is 3.98. The zero-order chi connectivity index (χ0) is 34.1. The van der Waals surface area contributed by atoms with E-state index < -0.39 is 41.8 Å². The van der Waals surface area contributed by atoms with E-state index in [-0.39, 0.29) is 42.2 Å². The Morgan fingerprint density at radius 2 is 1.83 bits per heavy atom. The highest BCUT2D eigenvalue weighted by atomic mass is 16.7. The maximum atomic E-state index is 13.0. The minimum absolute atomic E-state index is 0.00532. The number of carbonyl (C=O) groups is 3. The summed E-state index contributed by atoms with van der Waals surface area (Å²) in [4.78, 5) is 67.6. The number of likely N-dealkylation sites (tertiary alicyclic amines) is 1. The molecular weight excluding hydrogens is 612 g/mol. The third-order valence-electron chi connectivity index (χ3n) is 7.59. The summed E-state index contributed by atoms with van der Waals surface area (Å²) in [6.07, 6.45) is 1.86. The number of piperidine rings is 1. The molecule has 0 saturated carbocycles. The third-order valence-corrected chi connectivity index (χ3v) is 7.59. The molecule has 0 bridgehead atoms. The van der Waals surface area contributed by atoms with Gasteiger partial charge in [0.2, 0.25) is 0 Å². The van der Waals surface area contributed by atoms with E-state index in [1.807, 2.05) is 51.1 Å². The van der Waals surface area contributed by atoms with Crippen LogP contribution in [0.15, 0.2) is 57.6 Å². The molecule has 14 nitrogen and oxygen atoms in total. The van der Waals surface area contributed by atoms with Gasteiger partial charge in [-0.2, -0.15) is 0 Å². The molecule has 3 heterocycles. The van der Waals surface area contributed by atoms with Crippen molar-refractivity contribution in [2.75, 3.05) is 32.8 Å². The average molecular weight is 657 g/mol. The fraction of sp³-hybridized carbons (Fsp3) is 0.545. The van der Waals surface area contributed by atoms with Gasteiger partial charge in [-0.15, -0.1) is 0 Å². The van der Waals surface area contributed by atoms with Gasteiger partial charge in [0.1, 0.15) is 12.2 Å². The van der Waals surface area contributed by atoms with Crippen LogP contribution in [-0.4, -0.2) is 82.1 Å². The summed E-state index contributed by atoms with van der Waals surface area (Å²) in [7, 11) is 0. The van der Waals surface area contributed by atoms with Gasteiger partial charge < -0.3 is 28.6 Å². The fourth-order valence-electron chi connectivity index (χ4n) is 5.44. The van der Waals surface area contributed by atoms with Crippen molar-refractivity contribution in [3.05, 3.63) is 80.0 Å². The largest absolute Gasteiger partial charge is 0.508 e. The van der Waals surface area contributed by atoms with Gasteiger partial charge in [-0.3, -0.25) is 24.0 Å². The zero-order valence-electron chi connectivity index (χ0n) is 27.6. The number of rotatable bonds is 11. The van der Waals surface area contributed by atoms with E-state index in [9.17, 15) is 24.0 Å². The molecule has 4 rings (SSSR count). The average Bonchev–Trinajstić information content (AvgIpc) is 3.39. The zero-order valence-corrected chi connectivity index (χ0v) is 27.6. The Balaban J connectivity index is 1.36. The highest BCUT2D eigenvalue weighted by molar-refractivity contribution is 5.69. The Labute approximate surface area is 273 Å². The van der Waals surface area contributed by atoms with Crippen molar-refractivity contribution in [1.82, 2.24) is 19.4 Å². The quantitative estimate of drug-likeness (QED) is 0.275. The number of benzene rings is 1. The van der Waals surface area contributed by atoms with Crippen LogP contribution in [0.1, 0.15) is 70.7 Å². The fourth-order valence-corrected chi connectivity index (χ4v) is 5.44. The van der Waals surface area contributed by atoms with Crippen molar-refractivity contribution in [2.45, 2.75) is 84.7 Å². The second kappa shape index (κ2) is 15.8. The normalized spacial score (nSPS) is 18.1. The van der Waals surface area contributed by atoms with Gasteiger partial charge in [0.05, 0.1) is 6.42 Å². The highest BCUT2D eigenvalue weighted by Crippen LogP contribution is 2.32. The van der Waals surface area contributed by atoms with Crippen molar-refractivity contribution in [2.24, 2.45) is 0 Å². The number of aromatic amines is 1. The molecule has 1 unspecified atom stereocenters. The first-order valence-electron chi connectivity index (χ1n) is 15.7. The van der Waals surface area contributed by atoms with E-state index in [1.165, 1.54) is 24.6 Å². The Morgan fingerprint density at radius 3 is 2.53 bits per heavy atom. The SMILES string of the molecule is CC(=O)OC1=C(COC(=O)OCCN(Cc2ccccc2)CC2CCCCN2C(=O)OC(C)(C)C)O[C@@H](n2cc(C)c(=O)[nH]c2=O)C1. The number of aromatic nitrogens is 2. The Hall–Kier alpha value is -4.59. The molecule has 1 amide bonds. The number of ether oxygens (including phenoxy) is 5. The molecule has 2 atom stereocenters. The third kappa shape index (κ3) is 10.5. The van der Waals surface area contributed by atoms with Crippen LogP contribution in [-0.2, 0) is 35.0 Å². The number of aryl methyl sites for hydroxylation is 1. The van der Waals surface area contributed by atoms with Gasteiger partial charge >= 0.3 is 23.9 Å². The van der Waals surface area contributed by atoms with Crippen molar-refractivity contribution >= 4 is 18.2 Å². The molecule has 1 saturated heterocycles. The second-order valence-corrected chi connectivity index (χ2v) is 12.6. The lowest BCUT2D eigenvalue weighted by Crippen LogP contribution is -2.51. The lowest BCUT2D eigenvalue weighted by atomic mass is 10.0. The molecule has 0 radical (unpaired) electrons. The topological polar surface area (TPSA) is 159 Å². The lowest BCUT2D eigenvalue weighted by molar-refractivity contribution is -0.137. The van der Waals surface area contributed by atoms with Gasteiger partial charge in [-0.25, -0.2) is 14.4 Å². The summed E-state index contributed by atoms with van der Waals surface area (Å²) < 4.78 is 28.6. The molecule has 256 valence electrons. The number of esters is 1. The van der Waals surface area contributed by atoms with Gasteiger partial charge in [-0.1, -0.05) is 30.3 Å². The van der Waals surface area contributed by atoms with Crippen LogP contribution in [0.5, 0.6) is 0 Å². The highest BCUT2D eigenvalue weighted by Gasteiger charge is 2.33. The van der Waals surface area contributed by atoms with Crippen LogP contribution in [0, 0.1) is 6.92 Å². The van der Waals surface area contributed by atoms with E-state index in [1.54, 1.807) is 4.90 Å². The maximum Gasteiger partial charge on any atom is 0.508 e.